The van der Waals surface area contributed by atoms with Crippen LogP contribution in [0.3, 0.4) is 0 Å². The van der Waals surface area contributed by atoms with Crippen molar-refractivity contribution in [1.29, 1.82) is 0 Å². The average molecular weight is 169 g/mol. The summed E-state index contributed by atoms with van der Waals surface area (Å²) in [5.74, 6) is -0.582. The van der Waals surface area contributed by atoms with Crippen molar-refractivity contribution in [3.05, 3.63) is 24.0 Å². The summed E-state index contributed by atoms with van der Waals surface area (Å²) in [5.41, 5.74) is 10.3. The lowest BCUT2D eigenvalue weighted by Crippen LogP contribution is -2.19. The van der Waals surface area contributed by atoms with E-state index in [0.29, 0.717) is 0 Å². The topological polar surface area (TPSA) is 81.1 Å². The molecule has 64 valence electrons. The van der Waals surface area contributed by atoms with Crippen LogP contribution < -0.4 is 16.8 Å². The SMILES string of the molecule is NC(=O)Nc1ccc(N)c(F)c1. The highest BCUT2D eigenvalue weighted by Gasteiger charge is 2.00. The molecule has 0 heterocycles. The minimum atomic E-state index is -0.737. The first-order valence-corrected chi connectivity index (χ1v) is 3.21. The molecule has 1 aromatic carbocycles. The van der Waals surface area contributed by atoms with Crippen LogP contribution in [0, 0.1) is 5.82 Å². The number of anilines is 2. The van der Waals surface area contributed by atoms with Crippen LogP contribution in [-0.4, -0.2) is 6.03 Å². The molecule has 1 rings (SSSR count). The molecular formula is C7H8FN3O. The van der Waals surface area contributed by atoms with Crippen molar-refractivity contribution >= 4 is 17.4 Å². The third-order valence-electron chi connectivity index (χ3n) is 1.27. The monoisotopic (exact) mass is 169 g/mol. The van der Waals surface area contributed by atoms with Crippen molar-refractivity contribution in [3.8, 4) is 0 Å². The maximum absolute atomic E-state index is 12.7. The van der Waals surface area contributed by atoms with Gasteiger partial charge in [-0.25, -0.2) is 9.18 Å². The second-order valence-electron chi connectivity index (χ2n) is 2.23. The average Bonchev–Trinajstić information content (AvgIpc) is 1.96. The Bertz CT molecular complexity index is 314. The molecule has 0 aliphatic heterocycles. The van der Waals surface area contributed by atoms with E-state index in [1.807, 2.05) is 0 Å². The molecule has 12 heavy (non-hydrogen) atoms. The maximum Gasteiger partial charge on any atom is 0.316 e. The van der Waals surface area contributed by atoms with Crippen LogP contribution in [0.5, 0.6) is 0 Å². The predicted molar refractivity (Wildman–Crippen MR) is 44.0 cm³/mol. The number of urea groups is 1. The molecule has 0 saturated carbocycles. The van der Waals surface area contributed by atoms with Crippen LogP contribution in [-0.2, 0) is 0 Å². The van der Waals surface area contributed by atoms with E-state index < -0.39 is 11.8 Å². The molecule has 0 atom stereocenters. The van der Waals surface area contributed by atoms with Crippen LogP contribution in [0.2, 0.25) is 0 Å². The first kappa shape index (κ1) is 8.32. The van der Waals surface area contributed by atoms with Crippen molar-refractivity contribution in [3.63, 3.8) is 0 Å². The minimum Gasteiger partial charge on any atom is -0.396 e. The van der Waals surface area contributed by atoms with E-state index in [1.165, 1.54) is 12.1 Å². The normalized spacial score (nSPS) is 9.42. The zero-order valence-electron chi connectivity index (χ0n) is 6.17. The summed E-state index contributed by atoms with van der Waals surface area (Å²) >= 11 is 0. The van der Waals surface area contributed by atoms with Crippen LogP contribution in [0.1, 0.15) is 0 Å². The summed E-state index contributed by atoms with van der Waals surface area (Å²) in [6.07, 6.45) is 0. The molecule has 0 spiro atoms. The van der Waals surface area contributed by atoms with Gasteiger partial charge in [0, 0.05) is 5.69 Å². The van der Waals surface area contributed by atoms with Gasteiger partial charge in [0.15, 0.2) is 0 Å². The third kappa shape index (κ3) is 1.85. The van der Waals surface area contributed by atoms with Gasteiger partial charge in [-0.15, -0.1) is 0 Å². The van der Waals surface area contributed by atoms with Crippen molar-refractivity contribution < 1.29 is 9.18 Å². The van der Waals surface area contributed by atoms with Gasteiger partial charge in [0.05, 0.1) is 5.69 Å². The number of nitrogens with two attached hydrogens (primary N) is 2. The van der Waals surface area contributed by atoms with Gasteiger partial charge in [0.1, 0.15) is 5.82 Å². The van der Waals surface area contributed by atoms with Gasteiger partial charge < -0.3 is 16.8 Å². The molecule has 0 aliphatic carbocycles. The van der Waals surface area contributed by atoms with E-state index in [2.05, 4.69) is 5.32 Å². The number of carbonyl (C=O) groups excluding carboxylic acids is 1. The Morgan fingerprint density at radius 1 is 1.50 bits per heavy atom. The van der Waals surface area contributed by atoms with Crippen LogP contribution >= 0.6 is 0 Å². The highest BCUT2D eigenvalue weighted by Crippen LogP contribution is 2.15. The summed E-state index contributed by atoms with van der Waals surface area (Å²) in [6, 6.07) is 3.17. The van der Waals surface area contributed by atoms with Crippen molar-refractivity contribution in [2.24, 2.45) is 5.73 Å². The molecule has 1 aromatic rings. The second kappa shape index (κ2) is 3.08. The van der Waals surface area contributed by atoms with Gasteiger partial charge in [0.2, 0.25) is 0 Å². The lowest BCUT2D eigenvalue weighted by Gasteiger charge is -2.02. The lowest BCUT2D eigenvalue weighted by molar-refractivity contribution is 0.259. The Labute approximate surface area is 68.4 Å². The number of nitrogens with one attached hydrogen (secondary N) is 1. The van der Waals surface area contributed by atoms with Gasteiger partial charge >= 0.3 is 6.03 Å². The number of hydrogen-bond acceptors (Lipinski definition) is 2. The number of carbonyl (C=O) groups is 1. The summed E-state index contributed by atoms with van der Waals surface area (Å²) in [5, 5.41) is 2.22. The molecule has 0 aliphatic rings. The molecule has 0 fully saturated rings. The standard InChI is InChI=1S/C7H8FN3O/c8-5-3-4(11-7(10)12)1-2-6(5)9/h1-3H,9H2,(H3,10,11,12). The molecule has 0 radical (unpaired) electrons. The van der Waals surface area contributed by atoms with Gasteiger partial charge in [-0.05, 0) is 18.2 Å². The Balaban J connectivity index is 2.89. The van der Waals surface area contributed by atoms with Crippen LogP contribution in [0.25, 0.3) is 0 Å². The lowest BCUT2D eigenvalue weighted by atomic mass is 10.3. The van der Waals surface area contributed by atoms with E-state index in [9.17, 15) is 9.18 Å². The largest absolute Gasteiger partial charge is 0.396 e. The smallest absolute Gasteiger partial charge is 0.316 e. The zero-order chi connectivity index (χ0) is 9.14. The highest BCUT2D eigenvalue weighted by molar-refractivity contribution is 5.87. The molecule has 5 heteroatoms. The number of nitrogen functional groups attached to an aromatic ring is 1. The fourth-order valence-electron chi connectivity index (χ4n) is 0.747. The van der Waals surface area contributed by atoms with E-state index in [0.717, 1.165) is 6.07 Å². The Kier molecular flexibility index (Phi) is 2.14. The Morgan fingerprint density at radius 2 is 2.17 bits per heavy atom. The van der Waals surface area contributed by atoms with Crippen LogP contribution in [0.15, 0.2) is 18.2 Å². The van der Waals surface area contributed by atoms with E-state index >= 15 is 0 Å². The second-order valence-corrected chi connectivity index (χ2v) is 2.23. The van der Waals surface area contributed by atoms with Crippen LogP contribution in [0.4, 0.5) is 20.6 Å². The van der Waals surface area contributed by atoms with Crippen molar-refractivity contribution in [2.75, 3.05) is 11.1 Å². The fraction of sp³-hybridized carbons (Fsp3) is 0. The summed E-state index contributed by atoms with van der Waals surface area (Å²) < 4.78 is 12.7. The molecule has 0 aromatic heterocycles. The van der Waals surface area contributed by atoms with E-state index in [-0.39, 0.29) is 11.4 Å². The molecule has 0 saturated heterocycles. The molecule has 2 amide bonds. The Hall–Kier alpha value is -1.78. The first-order valence-electron chi connectivity index (χ1n) is 3.21. The van der Waals surface area contributed by atoms with Crippen molar-refractivity contribution in [1.82, 2.24) is 0 Å². The Morgan fingerprint density at radius 3 is 2.67 bits per heavy atom. The predicted octanol–water partition coefficient (Wildman–Crippen LogP) is 0.899. The zero-order valence-corrected chi connectivity index (χ0v) is 6.17. The quantitative estimate of drug-likeness (QED) is 0.546. The first-order chi connectivity index (χ1) is 5.59. The van der Waals surface area contributed by atoms with Gasteiger partial charge in [0.25, 0.3) is 0 Å². The summed E-state index contributed by atoms with van der Waals surface area (Å²) in [4.78, 5) is 10.3. The number of halogens is 1. The van der Waals surface area contributed by atoms with E-state index in [1.54, 1.807) is 0 Å². The molecule has 0 bridgehead atoms. The van der Waals surface area contributed by atoms with Gasteiger partial charge in [-0.2, -0.15) is 0 Å². The van der Waals surface area contributed by atoms with Gasteiger partial charge in [-0.3, -0.25) is 0 Å². The highest BCUT2D eigenvalue weighted by atomic mass is 19.1. The molecule has 5 N–H and O–H groups in total. The van der Waals surface area contributed by atoms with Crippen molar-refractivity contribution in [2.45, 2.75) is 0 Å². The third-order valence-corrected chi connectivity index (χ3v) is 1.27. The number of benzene rings is 1. The number of hydrogen-bond donors (Lipinski definition) is 3. The number of rotatable bonds is 1. The summed E-state index contributed by atoms with van der Waals surface area (Å²) in [7, 11) is 0. The van der Waals surface area contributed by atoms with E-state index in [4.69, 9.17) is 11.5 Å². The van der Waals surface area contributed by atoms with Gasteiger partial charge in [-0.1, -0.05) is 0 Å². The summed E-state index contributed by atoms with van der Waals surface area (Å²) in [6.45, 7) is 0. The minimum absolute atomic E-state index is 0.0324. The molecule has 4 nitrogen and oxygen atoms in total. The fourth-order valence-corrected chi connectivity index (χ4v) is 0.747. The molecular weight excluding hydrogens is 161 g/mol. The molecule has 0 unspecified atom stereocenters. The number of amides is 2. The number of primary amides is 1. The maximum atomic E-state index is 12.7.